The maximum atomic E-state index is 2.51. The number of hydrogen-bond acceptors (Lipinski definition) is 1. The highest BCUT2D eigenvalue weighted by molar-refractivity contribution is 5.46. The van der Waals surface area contributed by atoms with Gasteiger partial charge in [0.25, 0.3) is 0 Å². The summed E-state index contributed by atoms with van der Waals surface area (Å²) >= 11 is 0. The van der Waals surface area contributed by atoms with E-state index in [-0.39, 0.29) is 0 Å². The van der Waals surface area contributed by atoms with E-state index in [1.54, 1.807) is 22.3 Å². The fourth-order valence-corrected chi connectivity index (χ4v) is 2.85. The minimum atomic E-state index is 0.679. The van der Waals surface area contributed by atoms with Gasteiger partial charge in [-0.25, -0.2) is 0 Å². The predicted molar refractivity (Wildman–Crippen MR) is 77.3 cm³/mol. The van der Waals surface area contributed by atoms with Gasteiger partial charge in [-0.15, -0.1) is 0 Å². The van der Waals surface area contributed by atoms with Crippen molar-refractivity contribution in [3.05, 3.63) is 22.3 Å². The molecule has 0 bridgehead atoms. The summed E-state index contributed by atoms with van der Waals surface area (Å²) in [6, 6.07) is 0. The Bertz CT molecular complexity index is 318. The molecule has 1 aliphatic rings. The molecule has 0 saturated heterocycles. The van der Waals surface area contributed by atoms with Gasteiger partial charge in [0.05, 0.1) is 0 Å². The Labute approximate surface area is 108 Å². The van der Waals surface area contributed by atoms with Crippen LogP contribution < -0.4 is 0 Å². The van der Waals surface area contributed by atoms with Gasteiger partial charge < -0.3 is 4.90 Å². The van der Waals surface area contributed by atoms with E-state index in [9.17, 15) is 0 Å². The van der Waals surface area contributed by atoms with Gasteiger partial charge in [-0.1, -0.05) is 31.9 Å². The van der Waals surface area contributed by atoms with Crippen molar-refractivity contribution in [3.8, 4) is 0 Å². The van der Waals surface area contributed by atoms with Crippen LogP contribution in [0.2, 0.25) is 0 Å². The molecule has 0 spiro atoms. The standard InChI is InChI=1S/C16H29N/c1-7-17(8-2)11-9-10-16-14(5)12(3)13(4)15(16)6/h12H,7-11H2,1-6H3. The normalized spacial score (nSPS) is 21.0. The Hall–Kier alpha value is -0.560. The van der Waals surface area contributed by atoms with Gasteiger partial charge in [0, 0.05) is 0 Å². The van der Waals surface area contributed by atoms with E-state index in [2.05, 4.69) is 46.4 Å². The Balaban J connectivity index is 2.53. The SMILES string of the molecule is CCN(CC)CCCC1=C(C)C(C)C(C)=C1C. The molecule has 1 rings (SSSR count). The van der Waals surface area contributed by atoms with Crippen LogP contribution in [0.4, 0.5) is 0 Å². The average Bonchev–Trinajstić information content (AvgIpc) is 2.51. The quantitative estimate of drug-likeness (QED) is 0.659. The van der Waals surface area contributed by atoms with Crippen molar-refractivity contribution in [2.24, 2.45) is 5.92 Å². The number of hydrogen-bond donors (Lipinski definition) is 0. The van der Waals surface area contributed by atoms with E-state index >= 15 is 0 Å². The fraction of sp³-hybridized carbons (Fsp3) is 0.750. The minimum Gasteiger partial charge on any atom is -0.304 e. The highest BCUT2D eigenvalue weighted by atomic mass is 15.1. The lowest BCUT2D eigenvalue weighted by molar-refractivity contribution is 0.300. The van der Waals surface area contributed by atoms with E-state index in [0.29, 0.717) is 5.92 Å². The zero-order chi connectivity index (χ0) is 13.0. The molecule has 0 heterocycles. The first-order valence-electron chi connectivity index (χ1n) is 7.12. The number of nitrogens with zero attached hydrogens (tertiary/aromatic N) is 1. The molecule has 0 aromatic carbocycles. The molecule has 0 radical (unpaired) electrons. The third-order valence-electron chi connectivity index (χ3n) is 4.61. The van der Waals surface area contributed by atoms with Gasteiger partial charge in [0.2, 0.25) is 0 Å². The fourth-order valence-electron chi connectivity index (χ4n) is 2.85. The Morgan fingerprint density at radius 1 is 1.00 bits per heavy atom. The lowest BCUT2D eigenvalue weighted by atomic mass is 9.99. The minimum absolute atomic E-state index is 0.679. The second-order valence-corrected chi connectivity index (χ2v) is 5.32. The van der Waals surface area contributed by atoms with E-state index in [1.807, 2.05) is 0 Å². The van der Waals surface area contributed by atoms with E-state index in [4.69, 9.17) is 0 Å². The zero-order valence-electron chi connectivity index (χ0n) is 12.6. The number of rotatable bonds is 6. The monoisotopic (exact) mass is 235 g/mol. The lowest BCUT2D eigenvalue weighted by Gasteiger charge is -2.18. The van der Waals surface area contributed by atoms with Crippen LogP contribution in [0.25, 0.3) is 0 Å². The summed E-state index contributed by atoms with van der Waals surface area (Å²) in [6.07, 6.45) is 2.56. The first-order valence-corrected chi connectivity index (χ1v) is 7.12. The van der Waals surface area contributed by atoms with Gasteiger partial charge in [-0.3, -0.25) is 0 Å². The van der Waals surface area contributed by atoms with Crippen LogP contribution >= 0.6 is 0 Å². The second-order valence-electron chi connectivity index (χ2n) is 5.32. The summed E-state index contributed by atoms with van der Waals surface area (Å²) in [7, 11) is 0. The smallest absolute Gasteiger partial charge is 0.00152 e. The highest BCUT2D eigenvalue weighted by Crippen LogP contribution is 2.38. The van der Waals surface area contributed by atoms with E-state index in [1.165, 1.54) is 32.5 Å². The maximum absolute atomic E-state index is 2.51. The molecule has 0 fully saturated rings. The Morgan fingerprint density at radius 3 is 2.00 bits per heavy atom. The van der Waals surface area contributed by atoms with Crippen LogP contribution in [0.1, 0.15) is 54.4 Å². The molecule has 0 N–H and O–H groups in total. The topological polar surface area (TPSA) is 3.24 Å². The molecule has 1 nitrogen and oxygen atoms in total. The van der Waals surface area contributed by atoms with Crippen molar-refractivity contribution < 1.29 is 0 Å². The van der Waals surface area contributed by atoms with E-state index < -0.39 is 0 Å². The molecule has 0 aliphatic heterocycles. The molecule has 1 heteroatoms. The van der Waals surface area contributed by atoms with Crippen LogP contribution in [-0.4, -0.2) is 24.5 Å². The summed E-state index contributed by atoms with van der Waals surface area (Å²) in [4.78, 5) is 2.51. The summed E-state index contributed by atoms with van der Waals surface area (Å²) in [5, 5.41) is 0. The molecule has 17 heavy (non-hydrogen) atoms. The van der Waals surface area contributed by atoms with E-state index in [0.717, 1.165) is 0 Å². The molecule has 0 aromatic heterocycles. The highest BCUT2D eigenvalue weighted by Gasteiger charge is 2.22. The largest absolute Gasteiger partial charge is 0.304 e. The van der Waals surface area contributed by atoms with Crippen molar-refractivity contribution in [1.82, 2.24) is 4.90 Å². The number of allylic oxidation sites excluding steroid dienone is 4. The molecule has 1 atom stereocenters. The van der Waals surface area contributed by atoms with Crippen LogP contribution in [-0.2, 0) is 0 Å². The first-order chi connectivity index (χ1) is 8.02. The lowest BCUT2D eigenvalue weighted by Crippen LogP contribution is -2.24. The molecule has 0 saturated carbocycles. The van der Waals surface area contributed by atoms with Crippen molar-refractivity contribution in [1.29, 1.82) is 0 Å². The molecular formula is C16H29N. The molecule has 1 unspecified atom stereocenters. The molecule has 0 aromatic rings. The van der Waals surface area contributed by atoms with Crippen LogP contribution in [0.5, 0.6) is 0 Å². The van der Waals surface area contributed by atoms with Crippen molar-refractivity contribution in [2.45, 2.75) is 54.4 Å². The van der Waals surface area contributed by atoms with Crippen LogP contribution in [0.3, 0.4) is 0 Å². The summed E-state index contributed by atoms with van der Waals surface area (Å²) in [5.41, 5.74) is 6.40. The average molecular weight is 235 g/mol. The van der Waals surface area contributed by atoms with Crippen LogP contribution in [0, 0.1) is 5.92 Å². The summed E-state index contributed by atoms with van der Waals surface area (Å²) < 4.78 is 0. The van der Waals surface area contributed by atoms with Crippen molar-refractivity contribution >= 4 is 0 Å². The molecule has 0 amide bonds. The molecular weight excluding hydrogens is 206 g/mol. The van der Waals surface area contributed by atoms with Gasteiger partial charge in [0.1, 0.15) is 0 Å². The molecule has 98 valence electrons. The second kappa shape index (κ2) is 6.39. The van der Waals surface area contributed by atoms with Crippen molar-refractivity contribution in [3.63, 3.8) is 0 Å². The summed E-state index contributed by atoms with van der Waals surface area (Å²) in [6.45, 7) is 17.4. The van der Waals surface area contributed by atoms with Gasteiger partial charge >= 0.3 is 0 Å². The predicted octanol–water partition coefficient (Wildman–Crippen LogP) is 4.41. The molecule has 1 aliphatic carbocycles. The zero-order valence-corrected chi connectivity index (χ0v) is 12.6. The van der Waals surface area contributed by atoms with Gasteiger partial charge in [-0.2, -0.15) is 0 Å². The summed E-state index contributed by atoms with van der Waals surface area (Å²) in [5.74, 6) is 0.679. The van der Waals surface area contributed by atoms with Crippen molar-refractivity contribution in [2.75, 3.05) is 19.6 Å². The third-order valence-corrected chi connectivity index (χ3v) is 4.61. The Morgan fingerprint density at radius 2 is 1.59 bits per heavy atom. The third kappa shape index (κ3) is 3.22. The van der Waals surface area contributed by atoms with Gasteiger partial charge in [-0.05, 0) is 70.3 Å². The first kappa shape index (κ1) is 14.5. The van der Waals surface area contributed by atoms with Gasteiger partial charge in [0.15, 0.2) is 0 Å². The Kier molecular flexibility index (Phi) is 5.45. The van der Waals surface area contributed by atoms with Crippen LogP contribution in [0.15, 0.2) is 22.3 Å². The maximum Gasteiger partial charge on any atom is -0.00152 e.